The zero-order chi connectivity index (χ0) is 21.7. The summed E-state index contributed by atoms with van der Waals surface area (Å²) in [6.07, 6.45) is 0. The highest BCUT2D eigenvalue weighted by Gasteiger charge is 2.19. The fourth-order valence-corrected chi connectivity index (χ4v) is 2.78. The van der Waals surface area contributed by atoms with Crippen LogP contribution in [0.25, 0.3) is 0 Å². The Balaban J connectivity index is 1.88. The first-order valence-corrected chi connectivity index (χ1v) is 8.78. The lowest BCUT2D eigenvalue weighted by Crippen LogP contribution is -2.14. The lowest BCUT2D eigenvalue weighted by atomic mass is 10.0. The lowest BCUT2D eigenvalue weighted by molar-refractivity contribution is -0.384. The minimum atomic E-state index is -0.803. The van der Waals surface area contributed by atoms with Crippen LogP contribution < -0.4 is 5.32 Å². The van der Waals surface area contributed by atoms with Gasteiger partial charge in [-0.15, -0.1) is 0 Å². The topological polar surface area (TPSA) is 116 Å². The number of carbonyl (C=O) groups is 3. The average molecular weight is 404 g/mol. The molecule has 0 saturated heterocycles. The third-order valence-corrected chi connectivity index (χ3v) is 4.23. The first-order valence-electron chi connectivity index (χ1n) is 8.78. The molecule has 0 aromatic heterocycles. The van der Waals surface area contributed by atoms with Crippen LogP contribution in [-0.4, -0.2) is 29.7 Å². The van der Waals surface area contributed by atoms with Gasteiger partial charge in [-0.2, -0.15) is 0 Å². The molecule has 0 fully saturated rings. The number of carbonyl (C=O) groups excluding carboxylic acids is 3. The number of hydrogen-bond acceptors (Lipinski definition) is 6. The van der Waals surface area contributed by atoms with Gasteiger partial charge in [0.2, 0.25) is 0 Å². The van der Waals surface area contributed by atoms with Crippen molar-refractivity contribution in [1.82, 2.24) is 0 Å². The quantitative estimate of drug-likeness (QED) is 0.289. The number of anilines is 1. The number of ether oxygens (including phenoxy) is 1. The minimum Gasteiger partial charge on any atom is -0.465 e. The van der Waals surface area contributed by atoms with Gasteiger partial charge in [0.1, 0.15) is 0 Å². The molecule has 150 valence electrons. The molecule has 8 nitrogen and oxygen atoms in total. The predicted octanol–water partition coefficient (Wildman–Crippen LogP) is 3.86. The maximum absolute atomic E-state index is 12.6. The van der Waals surface area contributed by atoms with E-state index in [0.29, 0.717) is 16.8 Å². The Labute approximate surface area is 171 Å². The van der Waals surface area contributed by atoms with E-state index < -0.39 is 22.5 Å². The van der Waals surface area contributed by atoms with Gasteiger partial charge in [-0.1, -0.05) is 42.5 Å². The fourth-order valence-electron chi connectivity index (χ4n) is 2.78. The molecule has 0 saturated carbocycles. The monoisotopic (exact) mass is 404 g/mol. The maximum Gasteiger partial charge on any atom is 0.338 e. The van der Waals surface area contributed by atoms with Crippen molar-refractivity contribution < 1.29 is 24.0 Å². The number of amides is 1. The van der Waals surface area contributed by atoms with Crippen LogP contribution in [0.4, 0.5) is 11.4 Å². The number of esters is 1. The normalized spacial score (nSPS) is 10.2. The van der Waals surface area contributed by atoms with E-state index in [1.54, 1.807) is 48.5 Å². The summed E-state index contributed by atoms with van der Waals surface area (Å²) in [5, 5.41) is 13.7. The largest absolute Gasteiger partial charge is 0.465 e. The number of rotatable bonds is 6. The van der Waals surface area contributed by atoms with E-state index in [0.717, 1.165) is 19.2 Å². The number of benzene rings is 3. The third kappa shape index (κ3) is 4.56. The SMILES string of the molecule is COC(=O)c1cc(C(=O)Nc2cccc(C(=O)c3ccccc3)c2)cc([N+](=O)[O-])c1. The molecule has 0 aliphatic rings. The van der Waals surface area contributed by atoms with Crippen LogP contribution in [0.5, 0.6) is 0 Å². The van der Waals surface area contributed by atoms with Gasteiger partial charge in [0, 0.05) is 34.5 Å². The van der Waals surface area contributed by atoms with Crippen LogP contribution in [0.15, 0.2) is 72.8 Å². The van der Waals surface area contributed by atoms with Gasteiger partial charge in [-0.3, -0.25) is 19.7 Å². The van der Waals surface area contributed by atoms with Crippen molar-refractivity contribution in [3.63, 3.8) is 0 Å². The molecule has 0 heterocycles. The summed E-state index contributed by atoms with van der Waals surface area (Å²) in [5.74, 6) is -1.69. The molecule has 0 atom stereocenters. The Morgan fingerprint density at radius 3 is 2.17 bits per heavy atom. The van der Waals surface area contributed by atoms with E-state index in [2.05, 4.69) is 10.1 Å². The molecule has 0 aliphatic carbocycles. The third-order valence-electron chi connectivity index (χ3n) is 4.23. The molecule has 0 unspecified atom stereocenters. The molecular weight excluding hydrogens is 388 g/mol. The number of non-ortho nitro benzene ring substituents is 1. The summed E-state index contributed by atoms with van der Waals surface area (Å²) >= 11 is 0. The second kappa shape index (κ2) is 8.78. The van der Waals surface area contributed by atoms with Crippen molar-refractivity contribution in [3.8, 4) is 0 Å². The number of hydrogen-bond donors (Lipinski definition) is 1. The molecule has 0 radical (unpaired) electrons. The van der Waals surface area contributed by atoms with Crippen molar-refractivity contribution in [3.05, 3.63) is 105 Å². The molecule has 1 N–H and O–H groups in total. The maximum atomic E-state index is 12.6. The van der Waals surface area contributed by atoms with E-state index in [1.165, 1.54) is 12.1 Å². The van der Waals surface area contributed by atoms with Crippen LogP contribution in [-0.2, 0) is 4.74 Å². The summed E-state index contributed by atoms with van der Waals surface area (Å²) in [4.78, 5) is 47.4. The Kier molecular flexibility index (Phi) is 5.97. The van der Waals surface area contributed by atoms with Gasteiger partial charge in [-0.25, -0.2) is 4.79 Å². The fraction of sp³-hybridized carbons (Fsp3) is 0.0455. The van der Waals surface area contributed by atoms with E-state index in [-0.39, 0.29) is 16.9 Å². The second-order valence-electron chi connectivity index (χ2n) is 6.25. The van der Waals surface area contributed by atoms with E-state index in [4.69, 9.17) is 0 Å². The number of nitro groups is 1. The summed E-state index contributed by atoms with van der Waals surface area (Å²) in [6.45, 7) is 0. The number of nitro benzene ring substituents is 1. The molecule has 0 bridgehead atoms. The summed E-state index contributed by atoms with van der Waals surface area (Å²) in [7, 11) is 1.14. The smallest absolute Gasteiger partial charge is 0.338 e. The Hall–Kier alpha value is -4.33. The number of nitrogens with one attached hydrogen (secondary N) is 1. The van der Waals surface area contributed by atoms with E-state index in [9.17, 15) is 24.5 Å². The van der Waals surface area contributed by atoms with Gasteiger partial charge in [0.25, 0.3) is 11.6 Å². The standard InChI is InChI=1S/C22H16N2O6/c1-30-22(27)17-10-16(12-19(13-17)24(28)29)21(26)23-18-9-5-8-15(11-18)20(25)14-6-3-2-4-7-14/h2-13H,1H3,(H,23,26). The van der Waals surface area contributed by atoms with Crippen molar-refractivity contribution in [1.29, 1.82) is 0 Å². The van der Waals surface area contributed by atoms with Crippen molar-refractivity contribution in [2.24, 2.45) is 0 Å². The Bertz CT molecular complexity index is 1140. The summed E-state index contributed by atoms with van der Waals surface area (Å²) in [5.41, 5.74) is 0.564. The second-order valence-corrected chi connectivity index (χ2v) is 6.25. The van der Waals surface area contributed by atoms with Crippen LogP contribution >= 0.6 is 0 Å². The Morgan fingerprint density at radius 1 is 0.833 bits per heavy atom. The first-order chi connectivity index (χ1) is 14.4. The first kappa shape index (κ1) is 20.4. The summed E-state index contributed by atoms with van der Waals surface area (Å²) < 4.78 is 4.58. The van der Waals surface area contributed by atoms with Crippen LogP contribution in [0, 0.1) is 10.1 Å². The number of ketones is 1. The zero-order valence-corrected chi connectivity index (χ0v) is 15.8. The zero-order valence-electron chi connectivity index (χ0n) is 15.8. The minimum absolute atomic E-state index is 0.0932. The molecule has 0 aliphatic heterocycles. The number of methoxy groups -OCH3 is 1. The van der Waals surface area contributed by atoms with Crippen LogP contribution in [0.1, 0.15) is 36.6 Å². The number of nitrogens with zero attached hydrogens (tertiary/aromatic N) is 1. The van der Waals surface area contributed by atoms with Crippen LogP contribution in [0.2, 0.25) is 0 Å². The van der Waals surface area contributed by atoms with Gasteiger partial charge < -0.3 is 10.1 Å². The highest BCUT2D eigenvalue weighted by molar-refractivity contribution is 6.10. The van der Waals surface area contributed by atoms with Gasteiger partial charge >= 0.3 is 5.97 Å². The predicted molar refractivity (Wildman–Crippen MR) is 109 cm³/mol. The molecule has 3 rings (SSSR count). The molecule has 3 aromatic rings. The highest BCUT2D eigenvalue weighted by atomic mass is 16.6. The van der Waals surface area contributed by atoms with Crippen molar-refractivity contribution >= 4 is 29.0 Å². The van der Waals surface area contributed by atoms with E-state index >= 15 is 0 Å². The van der Waals surface area contributed by atoms with Crippen molar-refractivity contribution in [2.75, 3.05) is 12.4 Å². The van der Waals surface area contributed by atoms with Gasteiger partial charge in [0.15, 0.2) is 5.78 Å². The van der Waals surface area contributed by atoms with Gasteiger partial charge in [-0.05, 0) is 18.2 Å². The molecule has 3 aromatic carbocycles. The molecular formula is C22H16N2O6. The molecule has 0 spiro atoms. The van der Waals surface area contributed by atoms with Crippen LogP contribution in [0.3, 0.4) is 0 Å². The van der Waals surface area contributed by atoms with Gasteiger partial charge in [0.05, 0.1) is 17.6 Å². The van der Waals surface area contributed by atoms with Crippen molar-refractivity contribution in [2.45, 2.75) is 0 Å². The Morgan fingerprint density at radius 2 is 1.50 bits per heavy atom. The molecule has 30 heavy (non-hydrogen) atoms. The molecule has 8 heteroatoms. The summed E-state index contributed by atoms with van der Waals surface area (Å²) in [6, 6.07) is 18.3. The highest BCUT2D eigenvalue weighted by Crippen LogP contribution is 2.20. The lowest BCUT2D eigenvalue weighted by Gasteiger charge is -2.08. The average Bonchev–Trinajstić information content (AvgIpc) is 2.78. The molecule has 1 amide bonds. The van der Waals surface area contributed by atoms with E-state index in [1.807, 2.05) is 0 Å².